The van der Waals surface area contributed by atoms with E-state index in [4.69, 9.17) is 9.97 Å². The second kappa shape index (κ2) is 26.5. The van der Waals surface area contributed by atoms with Crippen LogP contribution < -0.4 is 0 Å². The topological polar surface area (TPSA) is 85.7 Å². The minimum atomic E-state index is 0.570. The molecule has 0 saturated carbocycles. The molecule has 16 aromatic carbocycles. The first-order chi connectivity index (χ1) is 53.8. The minimum absolute atomic E-state index is 0.570. The SMILES string of the molecule is C=N/C(=C\C=C/C)c1cc(-c2cccc(-c3cc(C#N)cc4c3sc3ccc(-c5ccc(-c6cc7c8ccccc8c(-c8cccc(-c9ccccc9)n8)cc7c7ccccc67)cc5)cc34)n2)cc(-c2cc3c4ccccc4c(-c4ccc(-c5ccc6sc7ccc(C#N)cc7c6c5)cc4)cc3c3ccccc23)c1. The first kappa shape index (κ1) is 64.5. The number of allylic oxidation sites excluding steroid dienone is 3. The van der Waals surface area contributed by atoms with Gasteiger partial charge < -0.3 is 0 Å². The van der Waals surface area contributed by atoms with Crippen LogP contribution in [0.1, 0.15) is 23.6 Å². The van der Waals surface area contributed by atoms with Gasteiger partial charge in [-0.25, -0.2) is 9.97 Å². The summed E-state index contributed by atoms with van der Waals surface area (Å²) in [6.45, 7) is 6.09. The molecule has 0 saturated heterocycles. The van der Waals surface area contributed by atoms with E-state index in [1.807, 2.05) is 55.5 Å². The average molecular weight is 1420 g/mol. The number of hydrogen-bond donors (Lipinski definition) is 0. The van der Waals surface area contributed by atoms with Crippen LogP contribution in [-0.4, -0.2) is 16.7 Å². The molecule has 0 aliphatic rings. The Morgan fingerprint density at radius 1 is 0.303 bits per heavy atom. The van der Waals surface area contributed by atoms with Crippen molar-refractivity contribution in [3.63, 3.8) is 0 Å². The second-order valence-corrected chi connectivity index (χ2v) is 30.0. The predicted molar refractivity (Wildman–Crippen MR) is 464 cm³/mol. The van der Waals surface area contributed by atoms with Crippen molar-refractivity contribution in [2.24, 2.45) is 4.99 Å². The van der Waals surface area contributed by atoms with E-state index in [1.54, 1.807) is 22.7 Å². The second-order valence-electron chi connectivity index (χ2n) is 27.9. The van der Waals surface area contributed by atoms with E-state index in [0.717, 1.165) is 148 Å². The van der Waals surface area contributed by atoms with Crippen LogP contribution in [0.15, 0.2) is 345 Å². The number of nitriles is 2. The van der Waals surface area contributed by atoms with Crippen LogP contribution in [0.4, 0.5) is 0 Å². The lowest BCUT2D eigenvalue weighted by molar-refractivity contribution is 1.33. The number of benzene rings is 16. The number of aromatic nitrogens is 2. The Balaban J connectivity index is 0.652. The van der Waals surface area contributed by atoms with Gasteiger partial charge in [0.2, 0.25) is 0 Å². The van der Waals surface area contributed by atoms with Crippen molar-refractivity contribution in [3.05, 3.63) is 356 Å². The van der Waals surface area contributed by atoms with E-state index in [1.165, 1.54) is 69.0 Å². The third-order valence-corrected chi connectivity index (χ3v) is 24.1. The summed E-state index contributed by atoms with van der Waals surface area (Å²) >= 11 is 3.50. The number of hydrogen-bond acceptors (Lipinski definition) is 7. The number of nitrogens with zero attached hydrogens (tertiary/aromatic N) is 5. The van der Waals surface area contributed by atoms with Crippen LogP contribution in [0, 0.1) is 22.7 Å². The standard InChI is InChI=1S/C102H61N5S2/c1-3-4-28-94(105-2)71-50-70(83-57-86-76-23-11-8-20-73(76)81(55-84(86)78-25-13-10-22-75(78)83)65-38-34-63(35-39-65)68-42-45-100-90(53-68)89-47-61(59-103)33-44-99(89)108-100)51-72(52-71)96-30-17-32-98(107-96)93-49-62(60-104)48-92-91-54-69(43-46-101(91)109-102(92)93)64-36-40-66(41-37-64)82-56-85-79-26-14-15-27-80(79)88(58-87(85)77-24-12-9-21-74(77)82)97-31-16-29-95(106-97)67-18-6-5-7-19-67/h3-58H,2H2,1H3/b4-3-,94-28-. The summed E-state index contributed by atoms with van der Waals surface area (Å²) in [5.74, 6) is 0. The highest BCUT2D eigenvalue weighted by Crippen LogP contribution is 2.48. The summed E-state index contributed by atoms with van der Waals surface area (Å²) in [6, 6.07) is 120. The van der Waals surface area contributed by atoms with Gasteiger partial charge in [-0.15, -0.1) is 22.7 Å². The van der Waals surface area contributed by atoms with Crippen molar-refractivity contribution in [2.75, 3.05) is 0 Å². The van der Waals surface area contributed by atoms with Crippen molar-refractivity contribution in [1.82, 2.24) is 9.97 Å². The van der Waals surface area contributed by atoms with Crippen LogP contribution in [0.25, 0.3) is 211 Å². The summed E-state index contributed by atoms with van der Waals surface area (Å²) in [6.07, 6.45) is 6.02. The molecule has 0 bridgehead atoms. The van der Waals surface area contributed by atoms with Crippen molar-refractivity contribution in [3.8, 4) is 113 Å². The summed E-state index contributed by atoms with van der Waals surface area (Å²) in [5.41, 5.74) is 21.6. The molecule has 0 aliphatic carbocycles. The quantitative estimate of drug-likeness (QED) is 0.0693. The van der Waals surface area contributed by atoms with Gasteiger partial charge in [-0.2, -0.15) is 10.5 Å². The molecular formula is C102H61N5S2. The Bertz CT molecular complexity index is 7390. The van der Waals surface area contributed by atoms with Gasteiger partial charge in [0.1, 0.15) is 0 Å². The summed E-state index contributed by atoms with van der Waals surface area (Å²) in [5, 5.41) is 39.0. The highest BCUT2D eigenvalue weighted by atomic mass is 32.1. The maximum Gasteiger partial charge on any atom is 0.0992 e. The van der Waals surface area contributed by atoms with Crippen LogP contribution in [0.2, 0.25) is 0 Å². The van der Waals surface area contributed by atoms with Crippen LogP contribution in [0.5, 0.6) is 0 Å². The first-order valence-corrected chi connectivity index (χ1v) is 38.1. The molecule has 0 N–H and O–H groups in total. The molecule has 0 unspecified atom stereocenters. The lowest BCUT2D eigenvalue weighted by Crippen LogP contribution is -1.93. The number of thiophene rings is 2. The molecule has 20 aromatic rings. The zero-order valence-electron chi connectivity index (χ0n) is 59.1. The molecule has 5 nitrogen and oxygen atoms in total. The fraction of sp³-hybridized carbons (Fsp3) is 0.00980. The Kier molecular flexibility index (Phi) is 15.7. The maximum atomic E-state index is 10.8. The van der Waals surface area contributed by atoms with Crippen LogP contribution in [-0.2, 0) is 0 Å². The first-order valence-electron chi connectivity index (χ1n) is 36.5. The average Bonchev–Trinajstić information content (AvgIpc) is 1.34. The molecule has 20 rings (SSSR count). The van der Waals surface area contributed by atoms with Gasteiger partial charge >= 0.3 is 0 Å². The van der Waals surface area contributed by atoms with Crippen molar-refractivity contribution < 1.29 is 0 Å². The van der Waals surface area contributed by atoms with Gasteiger partial charge in [0.15, 0.2) is 0 Å². The molecule has 4 heterocycles. The zero-order valence-corrected chi connectivity index (χ0v) is 60.7. The number of rotatable bonds is 12. The maximum absolute atomic E-state index is 10.8. The van der Waals surface area contributed by atoms with Gasteiger partial charge in [0.25, 0.3) is 0 Å². The molecular weight excluding hydrogens is 1360 g/mol. The molecule has 4 aromatic heterocycles. The van der Waals surface area contributed by atoms with E-state index in [-0.39, 0.29) is 0 Å². The van der Waals surface area contributed by atoms with Gasteiger partial charge in [-0.05, 0) is 261 Å². The molecule has 0 aliphatic heterocycles. The predicted octanol–water partition coefficient (Wildman–Crippen LogP) is 28.5. The largest absolute Gasteiger partial charge is 0.264 e. The van der Waals surface area contributed by atoms with E-state index >= 15 is 0 Å². The van der Waals surface area contributed by atoms with E-state index in [2.05, 4.69) is 315 Å². The lowest BCUT2D eigenvalue weighted by atomic mass is 9.86. The van der Waals surface area contributed by atoms with Gasteiger partial charge in [-0.1, -0.05) is 212 Å². The molecule has 506 valence electrons. The zero-order chi connectivity index (χ0) is 72.8. The molecule has 109 heavy (non-hydrogen) atoms. The Hall–Kier alpha value is -14.1. The Morgan fingerprint density at radius 3 is 1.25 bits per heavy atom. The van der Waals surface area contributed by atoms with E-state index in [0.29, 0.717) is 11.1 Å². The number of pyridine rings is 2. The third-order valence-electron chi connectivity index (χ3n) is 21.7. The molecule has 0 amide bonds. The lowest BCUT2D eigenvalue weighted by Gasteiger charge is -2.17. The van der Waals surface area contributed by atoms with Crippen LogP contribution >= 0.6 is 22.7 Å². The van der Waals surface area contributed by atoms with Crippen molar-refractivity contribution in [1.29, 1.82) is 10.5 Å². The molecule has 0 radical (unpaired) electrons. The molecule has 7 heteroatoms. The van der Waals surface area contributed by atoms with Gasteiger partial charge in [0, 0.05) is 68.2 Å². The van der Waals surface area contributed by atoms with E-state index in [9.17, 15) is 10.5 Å². The number of fused-ring (bicyclic) bond motifs is 16. The summed E-state index contributed by atoms with van der Waals surface area (Å²) in [7, 11) is 0. The molecule has 0 spiro atoms. The number of aliphatic imine (C=N–C) groups is 1. The minimum Gasteiger partial charge on any atom is -0.264 e. The van der Waals surface area contributed by atoms with Gasteiger partial charge in [-0.3, -0.25) is 4.99 Å². The molecule has 0 fully saturated rings. The summed E-state index contributed by atoms with van der Waals surface area (Å²) < 4.78 is 4.59. The fourth-order valence-corrected chi connectivity index (χ4v) is 18.7. The highest BCUT2D eigenvalue weighted by Gasteiger charge is 2.22. The highest BCUT2D eigenvalue weighted by molar-refractivity contribution is 7.26. The van der Waals surface area contributed by atoms with Crippen molar-refractivity contribution in [2.45, 2.75) is 6.92 Å². The smallest absolute Gasteiger partial charge is 0.0992 e. The fourth-order valence-electron chi connectivity index (χ4n) is 16.5. The Morgan fingerprint density at radius 2 is 0.716 bits per heavy atom. The molecule has 0 atom stereocenters. The monoisotopic (exact) mass is 1420 g/mol. The normalized spacial score (nSPS) is 11.9. The van der Waals surface area contributed by atoms with Gasteiger partial charge in [0.05, 0.1) is 51.7 Å². The third kappa shape index (κ3) is 11.1. The Labute approximate surface area is 637 Å². The summed E-state index contributed by atoms with van der Waals surface area (Å²) in [4.78, 5) is 15.4. The van der Waals surface area contributed by atoms with E-state index < -0.39 is 0 Å². The van der Waals surface area contributed by atoms with Crippen LogP contribution in [0.3, 0.4) is 0 Å². The van der Waals surface area contributed by atoms with Crippen molar-refractivity contribution >= 4 is 140 Å².